The largest absolute Gasteiger partial charge is 0.390 e. The van der Waals surface area contributed by atoms with E-state index in [-0.39, 0.29) is 6.61 Å². The maximum absolute atomic E-state index is 9.21. The Kier molecular flexibility index (Phi) is 4.84. The van der Waals surface area contributed by atoms with Gasteiger partial charge in [-0.05, 0) is 25.0 Å². The Morgan fingerprint density at radius 2 is 1.94 bits per heavy atom. The molecule has 0 aromatic carbocycles. The van der Waals surface area contributed by atoms with E-state index in [1.165, 1.54) is 38.5 Å². The fraction of sp³-hybridized carbons (Fsp3) is 0.643. The summed E-state index contributed by atoms with van der Waals surface area (Å²) in [5, 5.41) is 9.75. The van der Waals surface area contributed by atoms with Gasteiger partial charge in [0.2, 0.25) is 0 Å². The Morgan fingerprint density at radius 1 is 1.28 bits per heavy atom. The Hall–Kier alpha value is -0.800. The third-order valence-corrected chi connectivity index (χ3v) is 4.13. The summed E-state index contributed by atoms with van der Waals surface area (Å²) < 4.78 is 0. The fourth-order valence-corrected chi connectivity index (χ4v) is 2.78. The maximum atomic E-state index is 9.21. The van der Waals surface area contributed by atoms with Gasteiger partial charge in [0.25, 0.3) is 0 Å². The van der Waals surface area contributed by atoms with Gasteiger partial charge in [-0.2, -0.15) is 0 Å². The molecule has 4 heteroatoms. The van der Waals surface area contributed by atoms with E-state index >= 15 is 0 Å². The molecular formula is C14H21ClN2O. The molecule has 1 aliphatic carbocycles. The van der Waals surface area contributed by atoms with E-state index in [1.54, 1.807) is 0 Å². The topological polar surface area (TPSA) is 36.4 Å². The van der Waals surface area contributed by atoms with Crippen molar-refractivity contribution in [2.75, 3.05) is 11.9 Å². The van der Waals surface area contributed by atoms with E-state index in [0.29, 0.717) is 16.8 Å². The second-order valence-corrected chi connectivity index (χ2v) is 5.42. The number of aliphatic hydroxyl groups is 1. The highest BCUT2D eigenvalue weighted by Gasteiger charge is 2.18. The van der Waals surface area contributed by atoms with Crippen LogP contribution < -0.4 is 4.90 Å². The second kappa shape index (κ2) is 6.39. The summed E-state index contributed by atoms with van der Waals surface area (Å²) in [5.74, 6) is 0.912. The molecule has 0 radical (unpaired) electrons. The lowest BCUT2D eigenvalue weighted by Crippen LogP contribution is -2.31. The molecule has 1 heterocycles. The predicted octanol–water partition coefficient (Wildman–Crippen LogP) is 3.39. The molecule has 2 rings (SSSR count). The highest BCUT2D eigenvalue weighted by Crippen LogP contribution is 2.26. The quantitative estimate of drug-likeness (QED) is 0.854. The number of rotatable bonds is 3. The molecule has 1 aliphatic rings. The number of anilines is 1. The molecule has 0 amide bonds. The van der Waals surface area contributed by atoms with Crippen molar-refractivity contribution in [3.63, 3.8) is 0 Å². The molecule has 100 valence electrons. The summed E-state index contributed by atoms with van der Waals surface area (Å²) >= 11 is 5.97. The van der Waals surface area contributed by atoms with E-state index in [1.807, 2.05) is 12.1 Å². The van der Waals surface area contributed by atoms with E-state index in [2.05, 4.69) is 16.9 Å². The van der Waals surface area contributed by atoms with E-state index < -0.39 is 0 Å². The number of hydrogen-bond donors (Lipinski definition) is 1. The first-order valence-corrected chi connectivity index (χ1v) is 7.09. The highest BCUT2D eigenvalue weighted by molar-refractivity contribution is 6.31. The molecule has 1 fully saturated rings. The van der Waals surface area contributed by atoms with Gasteiger partial charge in [-0.3, -0.25) is 0 Å². The van der Waals surface area contributed by atoms with Crippen molar-refractivity contribution in [1.82, 2.24) is 4.98 Å². The standard InChI is InChI=1S/C14H21ClN2O/c1-17(11-6-4-2-3-5-7-11)14-9-8-12(15)13(10-18)16-14/h8-9,11,18H,2-7,10H2,1H3. The van der Waals surface area contributed by atoms with Crippen LogP contribution in [-0.4, -0.2) is 23.2 Å². The summed E-state index contributed by atoms with van der Waals surface area (Å²) in [4.78, 5) is 6.68. The lowest BCUT2D eigenvalue weighted by molar-refractivity contribution is 0.277. The highest BCUT2D eigenvalue weighted by atomic mass is 35.5. The fourth-order valence-electron chi connectivity index (χ4n) is 2.61. The molecular weight excluding hydrogens is 248 g/mol. The average Bonchev–Trinajstić information content (AvgIpc) is 2.67. The van der Waals surface area contributed by atoms with Gasteiger partial charge in [-0.15, -0.1) is 0 Å². The van der Waals surface area contributed by atoms with Crippen molar-refractivity contribution < 1.29 is 5.11 Å². The number of halogens is 1. The van der Waals surface area contributed by atoms with Crippen LogP contribution in [0.5, 0.6) is 0 Å². The Balaban J connectivity index is 2.13. The van der Waals surface area contributed by atoms with Gasteiger partial charge in [0.1, 0.15) is 5.82 Å². The molecule has 0 saturated heterocycles. The minimum atomic E-state index is -0.106. The molecule has 0 unspecified atom stereocenters. The predicted molar refractivity (Wildman–Crippen MR) is 75.1 cm³/mol. The first kappa shape index (κ1) is 13.6. The smallest absolute Gasteiger partial charge is 0.129 e. The monoisotopic (exact) mass is 268 g/mol. The molecule has 18 heavy (non-hydrogen) atoms. The van der Waals surface area contributed by atoms with Crippen molar-refractivity contribution in [1.29, 1.82) is 0 Å². The van der Waals surface area contributed by atoms with Crippen LogP contribution in [0.15, 0.2) is 12.1 Å². The van der Waals surface area contributed by atoms with Crippen LogP contribution in [0.3, 0.4) is 0 Å². The zero-order valence-electron chi connectivity index (χ0n) is 10.9. The summed E-state index contributed by atoms with van der Waals surface area (Å²) in [5.41, 5.74) is 0.564. The molecule has 1 aromatic rings. The number of aliphatic hydroxyl groups excluding tert-OH is 1. The van der Waals surface area contributed by atoms with Crippen molar-refractivity contribution in [3.05, 3.63) is 22.8 Å². The van der Waals surface area contributed by atoms with E-state index in [9.17, 15) is 5.11 Å². The SMILES string of the molecule is CN(c1ccc(Cl)c(CO)n1)C1CCCCCC1. The van der Waals surface area contributed by atoms with Crippen LogP contribution in [0, 0.1) is 0 Å². The molecule has 0 spiro atoms. The van der Waals surface area contributed by atoms with Gasteiger partial charge in [0.05, 0.1) is 17.3 Å². The first-order chi connectivity index (χ1) is 8.72. The third kappa shape index (κ3) is 3.15. The lowest BCUT2D eigenvalue weighted by Gasteiger charge is -2.28. The lowest BCUT2D eigenvalue weighted by atomic mass is 10.1. The Bertz CT molecular complexity index is 389. The molecule has 3 nitrogen and oxygen atoms in total. The Morgan fingerprint density at radius 3 is 2.56 bits per heavy atom. The van der Waals surface area contributed by atoms with E-state index in [0.717, 1.165) is 5.82 Å². The molecule has 0 atom stereocenters. The van der Waals surface area contributed by atoms with Gasteiger partial charge < -0.3 is 10.0 Å². The number of aromatic nitrogens is 1. The van der Waals surface area contributed by atoms with Crippen LogP contribution in [-0.2, 0) is 6.61 Å². The number of nitrogens with zero attached hydrogens (tertiary/aromatic N) is 2. The molecule has 1 saturated carbocycles. The normalized spacial score (nSPS) is 17.5. The summed E-state index contributed by atoms with van der Waals surface area (Å²) in [6, 6.07) is 4.32. The Labute approximate surface area is 114 Å². The molecule has 0 aliphatic heterocycles. The summed E-state index contributed by atoms with van der Waals surface area (Å²) in [6.07, 6.45) is 7.76. The summed E-state index contributed by atoms with van der Waals surface area (Å²) in [7, 11) is 2.09. The van der Waals surface area contributed by atoms with Crippen molar-refractivity contribution in [2.24, 2.45) is 0 Å². The first-order valence-electron chi connectivity index (χ1n) is 6.71. The van der Waals surface area contributed by atoms with Gasteiger partial charge in [0, 0.05) is 13.1 Å². The van der Waals surface area contributed by atoms with Gasteiger partial charge in [0.15, 0.2) is 0 Å². The maximum Gasteiger partial charge on any atom is 0.129 e. The summed E-state index contributed by atoms with van der Waals surface area (Å²) in [6.45, 7) is -0.106. The van der Waals surface area contributed by atoms with E-state index in [4.69, 9.17) is 11.6 Å². The number of hydrogen-bond acceptors (Lipinski definition) is 3. The minimum absolute atomic E-state index is 0.106. The van der Waals surface area contributed by atoms with Crippen molar-refractivity contribution >= 4 is 17.4 Å². The minimum Gasteiger partial charge on any atom is -0.390 e. The third-order valence-electron chi connectivity index (χ3n) is 3.79. The average molecular weight is 269 g/mol. The van der Waals surface area contributed by atoms with Crippen LogP contribution in [0.1, 0.15) is 44.2 Å². The van der Waals surface area contributed by atoms with Crippen LogP contribution in [0.4, 0.5) is 5.82 Å². The van der Waals surface area contributed by atoms with Gasteiger partial charge >= 0.3 is 0 Å². The van der Waals surface area contributed by atoms with Gasteiger partial charge in [-0.1, -0.05) is 37.3 Å². The van der Waals surface area contributed by atoms with Crippen LogP contribution >= 0.6 is 11.6 Å². The van der Waals surface area contributed by atoms with Crippen LogP contribution in [0.2, 0.25) is 5.02 Å². The van der Waals surface area contributed by atoms with Crippen LogP contribution in [0.25, 0.3) is 0 Å². The zero-order chi connectivity index (χ0) is 13.0. The second-order valence-electron chi connectivity index (χ2n) is 5.01. The number of pyridine rings is 1. The molecule has 0 bridgehead atoms. The molecule has 1 N–H and O–H groups in total. The van der Waals surface area contributed by atoms with Crippen molar-refractivity contribution in [2.45, 2.75) is 51.2 Å². The van der Waals surface area contributed by atoms with Crippen molar-refractivity contribution in [3.8, 4) is 0 Å². The zero-order valence-corrected chi connectivity index (χ0v) is 11.7. The molecule has 1 aromatic heterocycles. The van der Waals surface area contributed by atoms with Gasteiger partial charge in [-0.25, -0.2) is 4.98 Å².